The quantitative estimate of drug-likeness (QED) is 0.137. The lowest BCUT2D eigenvalue weighted by atomic mass is 9.77. The number of hydrogen-bond acceptors (Lipinski definition) is 1. The monoisotopic (exact) mass is 741 g/mol. The molecule has 10 aromatic rings. The molecule has 0 bridgehead atoms. The minimum absolute atomic E-state index is 0.00267. The van der Waals surface area contributed by atoms with Gasteiger partial charge in [0.2, 0.25) is 11.4 Å². The van der Waals surface area contributed by atoms with E-state index in [1.54, 1.807) is 0 Å². The first-order chi connectivity index (χ1) is 27.2. The van der Waals surface area contributed by atoms with Crippen LogP contribution in [-0.4, -0.2) is 4.40 Å². The summed E-state index contributed by atoms with van der Waals surface area (Å²) in [5.74, 6) is 0.347. The highest BCUT2D eigenvalue weighted by Gasteiger charge is 2.42. The van der Waals surface area contributed by atoms with Gasteiger partial charge in [0.05, 0.1) is 28.5 Å². The summed E-state index contributed by atoms with van der Waals surface area (Å²) in [5.41, 5.74) is 15.8. The Labute approximate surface area is 330 Å². The van der Waals surface area contributed by atoms with Crippen LogP contribution in [0.5, 0.6) is 0 Å². The summed E-state index contributed by atoms with van der Waals surface area (Å²) in [6, 6.07) is 44.5. The van der Waals surface area contributed by atoms with Gasteiger partial charge in [-0.05, 0) is 97.0 Å². The molecule has 7 heterocycles. The van der Waals surface area contributed by atoms with Crippen LogP contribution in [0.25, 0.3) is 86.5 Å². The lowest BCUT2D eigenvalue weighted by molar-refractivity contribution is -0.720. The lowest BCUT2D eigenvalue weighted by Gasteiger charge is -2.31. The third kappa shape index (κ3) is 4.39. The average molecular weight is 742 g/mol. The first-order valence-electron chi connectivity index (χ1n) is 20.1. The zero-order valence-electron chi connectivity index (χ0n) is 32.4. The van der Waals surface area contributed by atoms with Gasteiger partial charge in [-0.15, -0.1) is 11.3 Å². The van der Waals surface area contributed by atoms with Crippen molar-refractivity contribution in [1.82, 2.24) is 4.40 Å². The number of allylic oxidation sites excluding steroid dienone is 1. The summed E-state index contributed by atoms with van der Waals surface area (Å²) in [4.78, 5) is 0. The van der Waals surface area contributed by atoms with E-state index in [4.69, 9.17) is 6.58 Å². The van der Waals surface area contributed by atoms with Crippen molar-refractivity contribution in [3.8, 4) is 22.5 Å². The standard InChI is InChI=1S/C52H43N3S/c1-30-17-20-44-42(24-30)49-50-40(29-41-37-14-8-9-16-48(37)56-51(41)49)39-28-38-32(26-47(39)55(44)50)18-19-36-34-12-6-7-13-35(34)43-15-10-11-22-54(43)45(36)25-31(2)53-23-21-33(27-46(38)53)52(3,4)5/h6-17,20-24,26-29,36,45H,2,18-19,25H2,1,3-5H3/q+2. The van der Waals surface area contributed by atoms with Crippen molar-refractivity contribution < 1.29 is 9.13 Å². The zero-order valence-corrected chi connectivity index (χ0v) is 33.2. The molecule has 3 nitrogen and oxygen atoms in total. The maximum absolute atomic E-state index is 4.89. The molecule has 0 saturated heterocycles. The highest BCUT2D eigenvalue weighted by molar-refractivity contribution is 7.26. The molecule has 2 unspecified atom stereocenters. The van der Waals surface area contributed by atoms with Gasteiger partial charge < -0.3 is 4.40 Å². The predicted molar refractivity (Wildman–Crippen MR) is 235 cm³/mol. The second-order valence-electron chi connectivity index (χ2n) is 17.5. The number of nitrogens with zero attached hydrogens (tertiary/aromatic N) is 3. The third-order valence-corrected chi connectivity index (χ3v) is 14.4. The summed E-state index contributed by atoms with van der Waals surface area (Å²) >= 11 is 1.94. The second-order valence-corrected chi connectivity index (χ2v) is 18.5. The van der Waals surface area contributed by atoms with Gasteiger partial charge >= 0.3 is 0 Å². The van der Waals surface area contributed by atoms with Crippen LogP contribution in [0, 0.1) is 6.92 Å². The summed E-state index contributed by atoms with van der Waals surface area (Å²) in [7, 11) is 0. The summed E-state index contributed by atoms with van der Waals surface area (Å²) in [5, 5.41) is 8.12. The fourth-order valence-corrected chi connectivity index (χ4v) is 11.8. The number of pyridine rings is 2. The molecule has 56 heavy (non-hydrogen) atoms. The van der Waals surface area contributed by atoms with Crippen LogP contribution >= 0.6 is 11.3 Å². The summed E-state index contributed by atoms with van der Waals surface area (Å²) < 4.78 is 10.3. The van der Waals surface area contributed by atoms with Crippen molar-refractivity contribution in [1.29, 1.82) is 0 Å². The van der Waals surface area contributed by atoms with E-state index in [9.17, 15) is 0 Å². The molecule has 5 aromatic heterocycles. The van der Waals surface area contributed by atoms with Gasteiger partial charge in [0.15, 0.2) is 24.1 Å². The van der Waals surface area contributed by atoms with Crippen molar-refractivity contribution in [3.05, 3.63) is 156 Å². The first kappa shape index (κ1) is 32.4. The van der Waals surface area contributed by atoms with Gasteiger partial charge in [-0.1, -0.05) is 68.8 Å². The zero-order chi connectivity index (χ0) is 37.6. The van der Waals surface area contributed by atoms with Crippen LogP contribution < -0.4 is 9.13 Å². The molecule has 0 fully saturated rings. The van der Waals surface area contributed by atoms with Gasteiger partial charge in [-0.3, -0.25) is 0 Å². The Hall–Kier alpha value is -5.84. The molecule has 0 aliphatic carbocycles. The number of aryl methyl sites for hydroxylation is 2. The predicted octanol–water partition coefficient (Wildman–Crippen LogP) is 12.9. The van der Waals surface area contributed by atoms with E-state index in [1.807, 2.05) is 11.3 Å². The fraction of sp³-hybridized carbons (Fsp3) is 0.192. The Bertz CT molecular complexity index is 3320. The van der Waals surface area contributed by atoms with E-state index in [1.165, 1.54) is 103 Å². The van der Waals surface area contributed by atoms with Crippen molar-refractivity contribution in [2.75, 3.05) is 0 Å². The third-order valence-electron chi connectivity index (χ3n) is 13.2. The van der Waals surface area contributed by atoms with Gasteiger partial charge in [0.1, 0.15) is 0 Å². The second kappa shape index (κ2) is 11.4. The van der Waals surface area contributed by atoms with Gasteiger partial charge in [-0.25, -0.2) is 0 Å². The van der Waals surface area contributed by atoms with Crippen LogP contribution in [-0.2, 0) is 11.8 Å². The van der Waals surface area contributed by atoms with Crippen LogP contribution in [0.4, 0.5) is 0 Å². The molecule has 4 heteroatoms. The van der Waals surface area contributed by atoms with Crippen molar-refractivity contribution in [2.24, 2.45) is 0 Å². The van der Waals surface area contributed by atoms with Crippen LogP contribution in [0.1, 0.15) is 67.8 Å². The van der Waals surface area contributed by atoms with Gasteiger partial charge in [0, 0.05) is 77.5 Å². The molecule has 2 atom stereocenters. The molecule has 12 rings (SSSR count). The smallest absolute Gasteiger partial charge is 0.218 e. The van der Waals surface area contributed by atoms with E-state index < -0.39 is 0 Å². The van der Waals surface area contributed by atoms with E-state index in [2.05, 4.69) is 169 Å². The number of rotatable bonds is 0. The largest absolute Gasteiger partial charge is 0.308 e. The number of aromatic nitrogens is 3. The average Bonchev–Trinajstić information content (AvgIpc) is 3.85. The maximum Gasteiger partial charge on any atom is 0.218 e. The van der Waals surface area contributed by atoms with Crippen LogP contribution in [0.2, 0.25) is 0 Å². The van der Waals surface area contributed by atoms with Crippen LogP contribution in [0.15, 0.2) is 134 Å². The molecule has 0 radical (unpaired) electrons. The molecule has 0 saturated carbocycles. The SMILES string of the molecule is C=C1CC2C(CCc3cc4c(cc3-c3cc(C(C)(C)C)cc[n+]31)c1cc3c5ccccc5sc3c3c5cc(C)ccc5n4c13)c1ccccc1-c1cccc[n+]12. The van der Waals surface area contributed by atoms with Gasteiger partial charge in [-0.2, -0.15) is 9.13 Å². The number of thiophene rings is 1. The van der Waals surface area contributed by atoms with E-state index in [0.717, 1.165) is 25.0 Å². The molecule has 0 spiro atoms. The maximum atomic E-state index is 4.89. The molecular weight excluding hydrogens is 699 g/mol. The minimum atomic E-state index is 0.00267. The van der Waals surface area contributed by atoms with Crippen molar-refractivity contribution >= 4 is 75.3 Å². The number of fused-ring (bicyclic) bond motifs is 19. The van der Waals surface area contributed by atoms with Crippen LogP contribution in [0.3, 0.4) is 0 Å². The minimum Gasteiger partial charge on any atom is -0.308 e. The molecule has 2 aliphatic rings. The Morgan fingerprint density at radius 3 is 2.45 bits per heavy atom. The number of benzene rings is 5. The first-order valence-corrected chi connectivity index (χ1v) is 21.0. The Balaban J connectivity index is 1.19. The van der Waals surface area contributed by atoms with Crippen molar-refractivity contribution in [2.45, 2.75) is 64.3 Å². The fourth-order valence-electron chi connectivity index (χ4n) is 10.5. The lowest BCUT2D eigenvalue weighted by Crippen LogP contribution is -2.49. The highest BCUT2D eigenvalue weighted by atomic mass is 32.1. The van der Waals surface area contributed by atoms with Crippen molar-refractivity contribution in [3.63, 3.8) is 0 Å². The normalized spacial score (nSPS) is 17.1. The Kier molecular flexibility index (Phi) is 6.58. The molecule has 5 aromatic carbocycles. The topological polar surface area (TPSA) is 12.2 Å². The van der Waals surface area contributed by atoms with E-state index in [-0.39, 0.29) is 11.5 Å². The Morgan fingerprint density at radius 2 is 1.55 bits per heavy atom. The molecule has 0 amide bonds. The van der Waals surface area contributed by atoms with E-state index in [0.29, 0.717) is 5.92 Å². The number of hydrogen-bond donors (Lipinski definition) is 0. The summed E-state index contributed by atoms with van der Waals surface area (Å²) in [6.45, 7) is 14.1. The molecule has 2 aliphatic heterocycles. The van der Waals surface area contributed by atoms with E-state index >= 15 is 0 Å². The molecular formula is C52H43N3S+2. The van der Waals surface area contributed by atoms with Gasteiger partial charge in [0.25, 0.3) is 0 Å². The Morgan fingerprint density at radius 1 is 0.714 bits per heavy atom. The summed E-state index contributed by atoms with van der Waals surface area (Å²) in [6.07, 6.45) is 7.50. The highest BCUT2D eigenvalue weighted by Crippen LogP contribution is 2.50. The molecule has 0 N–H and O–H groups in total. The molecule has 270 valence electrons.